The number of hydrogen-bond donors (Lipinski definition) is 2. The molecule has 0 aliphatic heterocycles. The van der Waals surface area contributed by atoms with Gasteiger partial charge in [0.05, 0.1) is 12.2 Å². The predicted octanol–water partition coefficient (Wildman–Crippen LogP) is 1.80. The average molecular weight is 292 g/mol. The molecule has 0 radical (unpaired) electrons. The van der Waals surface area contributed by atoms with Crippen molar-refractivity contribution in [3.8, 4) is 0 Å². The van der Waals surface area contributed by atoms with Gasteiger partial charge in [-0.25, -0.2) is 13.1 Å². The van der Waals surface area contributed by atoms with E-state index in [9.17, 15) is 13.2 Å². The van der Waals surface area contributed by atoms with Crippen molar-refractivity contribution in [1.29, 1.82) is 0 Å². The molecule has 0 aromatic heterocycles. The minimum atomic E-state index is -3.60. The molecule has 0 saturated carbocycles. The molecule has 0 spiro atoms. The van der Waals surface area contributed by atoms with E-state index in [0.29, 0.717) is 5.02 Å². The molecule has 1 aromatic carbocycles. The van der Waals surface area contributed by atoms with Gasteiger partial charge in [0.2, 0.25) is 10.0 Å². The van der Waals surface area contributed by atoms with E-state index in [4.69, 9.17) is 16.7 Å². The number of hydrogen-bond acceptors (Lipinski definition) is 3. The molecule has 2 N–H and O–H groups in total. The molecule has 1 rings (SSSR count). The van der Waals surface area contributed by atoms with Gasteiger partial charge >= 0.3 is 5.97 Å². The highest BCUT2D eigenvalue weighted by Crippen LogP contribution is 2.16. The summed E-state index contributed by atoms with van der Waals surface area (Å²) in [6.45, 7) is 1.68. The highest BCUT2D eigenvalue weighted by Gasteiger charge is 2.17. The molecule has 1 atom stereocenters. The monoisotopic (exact) mass is 291 g/mol. The number of carboxylic acid groups (broad SMARTS) is 1. The minimum absolute atomic E-state index is 0.414. The molecule has 0 aliphatic carbocycles. The van der Waals surface area contributed by atoms with Crippen LogP contribution in [-0.2, 0) is 14.8 Å². The van der Waals surface area contributed by atoms with Gasteiger partial charge in [-0.3, -0.25) is 4.79 Å². The Kier molecular flexibility index (Phi) is 5.13. The van der Waals surface area contributed by atoms with E-state index in [1.165, 1.54) is 0 Å². The summed E-state index contributed by atoms with van der Waals surface area (Å²) < 4.78 is 25.6. The number of carbonyl (C=O) groups is 1. The maximum absolute atomic E-state index is 11.6. The first kappa shape index (κ1) is 14.9. The molecule has 18 heavy (non-hydrogen) atoms. The number of sulfonamides is 1. The predicted molar refractivity (Wildman–Crippen MR) is 69.0 cm³/mol. The first-order valence-corrected chi connectivity index (χ1v) is 7.30. The molecule has 1 aromatic rings. The van der Waals surface area contributed by atoms with E-state index in [2.05, 4.69) is 4.72 Å². The van der Waals surface area contributed by atoms with Crippen LogP contribution >= 0.6 is 11.6 Å². The van der Waals surface area contributed by atoms with Crippen molar-refractivity contribution in [1.82, 2.24) is 4.72 Å². The summed E-state index contributed by atoms with van der Waals surface area (Å²) in [6, 6.07) is 6.33. The summed E-state index contributed by atoms with van der Waals surface area (Å²) >= 11 is 5.73. The third-order valence-corrected chi connectivity index (χ3v) is 4.02. The lowest BCUT2D eigenvalue weighted by molar-refractivity contribution is -0.136. The van der Waals surface area contributed by atoms with Crippen LogP contribution in [0.3, 0.4) is 0 Å². The SMILES string of the molecule is CC(NS(=O)(=O)CCC(=O)O)c1ccc(Cl)cc1. The third kappa shape index (κ3) is 5.03. The molecule has 0 fully saturated rings. The standard InChI is InChI=1S/C11H14ClNO4S/c1-8(9-2-4-10(12)5-3-9)13-18(16,17)7-6-11(14)15/h2-5,8,13H,6-7H2,1H3,(H,14,15). The number of nitrogens with one attached hydrogen (secondary N) is 1. The molecule has 0 aliphatic rings. The van der Waals surface area contributed by atoms with Crippen LogP contribution in [0.25, 0.3) is 0 Å². The van der Waals surface area contributed by atoms with Gasteiger partial charge in [0.1, 0.15) is 0 Å². The summed E-state index contributed by atoms with van der Waals surface area (Å²) in [4.78, 5) is 10.3. The molecule has 0 amide bonds. The number of rotatable bonds is 6. The van der Waals surface area contributed by atoms with Crippen molar-refractivity contribution in [3.63, 3.8) is 0 Å². The number of carboxylic acids is 1. The van der Waals surface area contributed by atoms with E-state index in [-0.39, 0.29) is 0 Å². The van der Waals surface area contributed by atoms with E-state index < -0.39 is 34.2 Å². The Morgan fingerprint density at radius 1 is 1.39 bits per heavy atom. The van der Waals surface area contributed by atoms with Gasteiger partial charge in [0.15, 0.2) is 0 Å². The van der Waals surface area contributed by atoms with E-state index in [0.717, 1.165) is 5.56 Å². The van der Waals surface area contributed by atoms with Gasteiger partial charge < -0.3 is 5.11 Å². The van der Waals surface area contributed by atoms with Crippen LogP contribution < -0.4 is 4.72 Å². The van der Waals surface area contributed by atoms with Crippen LogP contribution in [-0.4, -0.2) is 25.2 Å². The van der Waals surface area contributed by atoms with E-state index in [1.807, 2.05) is 0 Å². The summed E-state index contributed by atoms with van der Waals surface area (Å²) in [5.41, 5.74) is 0.762. The fourth-order valence-corrected chi connectivity index (χ4v) is 2.73. The molecule has 0 saturated heterocycles. The number of benzene rings is 1. The minimum Gasteiger partial charge on any atom is -0.481 e. The molecule has 7 heteroatoms. The normalized spacial score (nSPS) is 13.2. The molecular weight excluding hydrogens is 278 g/mol. The van der Waals surface area contributed by atoms with Crippen molar-refractivity contribution in [3.05, 3.63) is 34.9 Å². The van der Waals surface area contributed by atoms with Gasteiger partial charge in [-0.05, 0) is 24.6 Å². The zero-order chi connectivity index (χ0) is 13.8. The zero-order valence-electron chi connectivity index (χ0n) is 9.76. The molecule has 100 valence electrons. The lowest BCUT2D eigenvalue weighted by Crippen LogP contribution is -2.30. The van der Waals surface area contributed by atoms with Crippen LogP contribution in [0.4, 0.5) is 0 Å². The molecule has 0 bridgehead atoms. The first-order valence-electron chi connectivity index (χ1n) is 5.27. The summed E-state index contributed by atoms with van der Waals surface area (Å²) in [5, 5.41) is 9.02. The molecule has 1 unspecified atom stereocenters. The number of aliphatic carboxylic acids is 1. The molecule has 5 nitrogen and oxygen atoms in total. The fourth-order valence-electron chi connectivity index (χ4n) is 1.37. The smallest absolute Gasteiger partial charge is 0.304 e. The van der Waals surface area contributed by atoms with Crippen LogP contribution in [0.2, 0.25) is 5.02 Å². The second kappa shape index (κ2) is 6.17. The van der Waals surface area contributed by atoms with Crippen molar-refractivity contribution in [2.75, 3.05) is 5.75 Å². The van der Waals surface area contributed by atoms with Gasteiger partial charge in [0.25, 0.3) is 0 Å². The highest BCUT2D eigenvalue weighted by molar-refractivity contribution is 7.89. The van der Waals surface area contributed by atoms with E-state index in [1.54, 1.807) is 31.2 Å². The third-order valence-electron chi connectivity index (χ3n) is 2.31. The molecular formula is C11H14ClNO4S. The highest BCUT2D eigenvalue weighted by atomic mass is 35.5. The lowest BCUT2D eigenvalue weighted by Gasteiger charge is -2.14. The zero-order valence-corrected chi connectivity index (χ0v) is 11.3. The van der Waals surface area contributed by atoms with Crippen molar-refractivity contribution in [2.45, 2.75) is 19.4 Å². The quantitative estimate of drug-likeness (QED) is 0.837. The van der Waals surface area contributed by atoms with Crippen molar-refractivity contribution in [2.24, 2.45) is 0 Å². The van der Waals surface area contributed by atoms with Crippen LogP contribution in [0, 0.1) is 0 Å². The Hall–Kier alpha value is -1.11. The fraction of sp³-hybridized carbons (Fsp3) is 0.364. The van der Waals surface area contributed by atoms with Gasteiger partial charge in [0, 0.05) is 11.1 Å². The Bertz CT molecular complexity index is 512. The summed E-state index contributed by atoms with van der Waals surface area (Å²) in [6.07, 6.45) is -0.414. The second-order valence-corrected chi connectivity index (χ2v) is 6.16. The Balaban J connectivity index is 2.66. The molecule has 0 heterocycles. The van der Waals surface area contributed by atoms with Crippen LogP contribution in [0.1, 0.15) is 24.9 Å². The van der Waals surface area contributed by atoms with Gasteiger partial charge in [-0.15, -0.1) is 0 Å². The topological polar surface area (TPSA) is 83.5 Å². The van der Waals surface area contributed by atoms with Crippen LogP contribution in [0.15, 0.2) is 24.3 Å². The second-order valence-electron chi connectivity index (χ2n) is 3.85. The van der Waals surface area contributed by atoms with Gasteiger partial charge in [-0.2, -0.15) is 0 Å². The number of halogens is 1. The van der Waals surface area contributed by atoms with Crippen molar-refractivity contribution >= 4 is 27.6 Å². The van der Waals surface area contributed by atoms with Gasteiger partial charge in [-0.1, -0.05) is 23.7 Å². The maximum Gasteiger partial charge on any atom is 0.304 e. The van der Waals surface area contributed by atoms with Crippen molar-refractivity contribution < 1.29 is 18.3 Å². The maximum atomic E-state index is 11.6. The Labute approximate surface area is 111 Å². The Morgan fingerprint density at radius 3 is 2.44 bits per heavy atom. The summed E-state index contributed by atoms with van der Waals surface area (Å²) in [5.74, 6) is -1.57. The van der Waals surface area contributed by atoms with Crippen LogP contribution in [0.5, 0.6) is 0 Å². The average Bonchev–Trinajstić information content (AvgIpc) is 2.27. The van der Waals surface area contributed by atoms with E-state index >= 15 is 0 Å². The lowest BCUT2D eigenvalue weighted by atomic mass is 10.1. The largest absolute Gasteiger partial charge is 0.481 e. The summed E-state index contributed by atoms with van der Waals surface area (Å²) in [7, 11) is -3.60. The first-order chi connectivity index (χ1) is 8.30. The Morgan fingerprint density at radius 2 is 1.94 bits per heavy atom.